The normalized spacial score (nSPS) is 22.9. The third-order valence-corrected chi connectivity index (χ3v) is 10.9. The number of carbonyl (C=O) groups is 7. The van der Waals surface area contributed by atoms with E-state index in [1.54, 1.807) is 58.0 Å². The van der Waals surface area contributed by atoms with Gasteiger partial charge in [-0.05, 0) is 68.8 Å². The highest BCUT2D eigenvalue weighted by Crippen LogP contribution is 2.65. The van der Waals surface area contributed by atoms with E-state index in [0.29, 0.717) is 12.0 Å². The highest BCUT2D eigenvalue weighted by atomic mass is 19.3. The van der Waals surface area contributed by atoms with Crippen LogP contribution in [0.25, 0.3) is 0 Å². The van der Waals surface area contributed by atoms with Crippen molar-refractivity contribution in [3.8, 4) is 0 Å². The summed E-state index contributed by atoms with van der Waals surface area (Å²) in [6, 6.07) is 3.91. The summed E-state index contributed by atoms with van der Waals surface area (Å²) in [7, 11) is 3.08. The van der Waals surface area contributed by atoms with Crippen molar-refractivity contribution in [3.05, 3.63) is 35.9 Å². The van der Waals surface area contributed by atoms with Crippen molar-refractivity contribution >= 4 is 41.4 Å². The predicted octanol–water partition coefficient (Wildman–Crippen LogP) is 3.10. The lowest BCUT2D eigenvalue weighted by Gasteiger charge is -2.38. The van der Waals surface area contributed by atoms with E-state index in [2.05, 4.69) is 21.3 Å². The number of amides is 6. The Morgan fingerprint density at radius 3 is 2.15 bits per heavy atom. The number of alkyl carbamates (subject to hydrolysis) is 1. The van der Waals surface area contributed by atoms with Crippen LogP contribution in [0.15, 0.2) is 30.3 Å². The molecule has 0 aromatic heterocycles. The third-order valence-electron chi connectivity index (χ3n) is 10.9. The molecule has 4 unspecified atom stereocenters. The van der Waals surface area contributed by atoms with Crippen LogP contribution in [-0.2, 0) is 33.5 Å². The number of alkyl halides is 2. The molecule has 1 aromatic carbocycles. The standard InChI is InChI=1S/C39H56F2N6O8/c1-9-13-25(31(49)33(51)42-20-26(48)44-28(34(52)46(7)8)22-14-11-10-12-15-22)43-32(50)30-27-24(38(27,5)6)21-47(30)35(53)29(45-36(54)55-37(2,3)4)23-16-18-39(40,41)19-17-23/h10-12,14-15,23-25,27-30H,9,13,16-21H2,1-8H3,(H,42,51)(H,43,50)(H,44,48)(H,45,54)/t24?,25?,27-,28-,29?,30?/m0/s1. The minimum atomic E-state index is -2.88. The fourth-order valence-corrected chi connectivity index (χ4v) is 7.83. The number of nitrogens with one attached hydrogen (secondary N) is 4. The van der Waals surface area contributed by atoms with Crippen molar-refractivity contribution in [1.29, 1.82) is 0 Å². The first-order chi connectivity index (χ1) is 25.6. The van der Waals surface area contributed by atoms with Gasteiger partial charge in [0.25, 0.3) is 5.91 Å². The quantitative estimate of drug-likeness (QED) is 0.208. The maximum Gasteiger partial charge on any atom is 0.408 e. The predicted molar refractivity (Wildman–Crippen MR) is 197 cm³/mol. The van der Waals surface area contributed by atoms with Crippen LogP contribution in [0, 0.1) is 23.2 Å². The summed E-state index contributed by atoms with van der Waals surface area (Å²) in [5, 5.41) is 10.2. The maximum atomic E-state index is 14.3. The van der Waals surface area contributed by atoms with Gasteiger partial charge in [-0.15, -0.1) is 0 Å². The molecule has 1 heterocycles. The average molecular weight is 775 g/mol. The Morgan fingerprint density at radius 2 is 1.58 bits per heavy atom. The van der Waals surface area contributed by atoms with Gasteiger partial charge in [0, 0.05) is 33.5 Å². The lowest BCUT2D eigenvalue weighted by molar-refractivity contribution is -0.145. The van der Waals surface area contributed by atoms with Crippen molar-refractivity contribution in [2.24, 2.45) is 23.2 Å². The zero-order valence-corrected chi connectivity index (χ0v) is 33.0. The Morgan fingerprint density at radius 1 is 0.964 bits per heavy atom. The van der Waals surface area contributed by atoms with Gasteiger partial charge in [0.2, 0.25) is 35.3 Å². The monoisotopic (exact) mass is 774 g/mol. The molecular weight excluding hydrogens is 718 g/mol. The number of benzene rings is 1. The van der Waals surface area contributed by atoms with Crippen LogP contribution in [0.4, 0.5) is 13.6 Å². The van der Waals surface area contributed by atoms with Gasteiger partial charge in [-0.2, -0.15) is 0 Å². The fraction of sp³-hybridized carbons (Fsp3) is 0.667. The molecule has 304 valence electrons. The number of halogens is 2. The van der Waals surface area contributed by atoms with Crippen LogP contribution in [0.2, 0.25) is 0 Å². The van der Waals surface area contributed by atoms with Crippen LogP contribution >= 0.6 is 0 Å². The molecule has 4 N–H and O–H groups in total. The van der Waals surface area contributed by atoms with E-state index in [1.807, 2.05) is 13.8 Å². The molecule has 14 nitrogen and oxygen atoms in total. The van der Waals surface area contributed by atoms with Crippen LogP contribution in [-0.4, -0.2) is 108 Å². The number of Topliss-reactive ketones (excluding diaryl/α,β-unsaturated/α-hetero) is 1. The highest BCUT2D eigenvalue weighted by Gasteiger charge is 2.70. The fourth-order valence-electron chi connectivity index (χ4n) is 7.83. The molecule has 0 radical (unpaired) electrons. The molecule has 4 rings (SSSR count). The van der Waals surface area contributed by atoms with Gasteiger partial charge in [-0.1, -0.05) is 57.5 Å². The van der Waals surface area contributed by atoms with Crippen molar-refractivity contribution < 1.29 is 47.1 Å². The van der Waals surface area contributed by atoms with E-state index in [1.165, 1.54) is 23.9 Å². The molecule has 55 heavy (non-hydrogen) atoms. The Balaban J connectivity index is 1.47. The molecule has 6 atom stereocenters. The van der Waals surface area contributed by atoms with Crippen LogP contribution in [0.5, 0.6) is 0 Å². The lowest BCUT2D eigenvalue weighted by Crippen LogP contribution is -2.60. The molecule has 2 saturated carbocycles. The second-order valence-corrected chi connectivity index (χ2v) is 16.7. The van der Waals surface area contributed by atoms with E-state index in [-0.39, 0.29) is 43.1 Å². The van der Waals surface area contributed by atoms with Gasteiger partial charge in [0.05, 0.1) is 12.6 Å². The highest BCUT2D eigenvalue weighted by molar-refractivity contribution is 6.38. The number of fused-ring (bicyclic) bond motifs is 1. The van der Waals surface area contributed by atoms with Gasteiger partial charge in [-0.3, -0.25) is 28.8 Å². The van der Waals surface area contributed by atoms with Crippen LogP contribution in [0.3, 0.4) is 0 Å². The molecule has 2 aliphatic carbocycles. The number of nitrogens with zero attached hydrogens (tertiary/aromatic N) is 2. The van der Waals surface area contributed by atoms with E-state index < -0.39 is 102 Å². The summed E-state index contributed by atoms with van der Waals surface area (Å²) in [6.45, 7) is 10.2. The van der Waals surface area contributed by atoms with Crippen molar-refractivity contribution in [3.63, 3.8) is 0 Å². The first-order valence-corrected chi connectivity index (χ1v) is 18.9. The minimum Gasteiger partial charge on any atom is -0.444 e. The number of hydrogen-bond acceptors (Lipinski definition) is 8. The molecule has 3 fully saturated rings. The maximum absolute atomic E-state index is 14.3. The largest absolute Gasteiger partial charge is 0.444 e. The number of carbonyl (C=O) groups excluding carboxylic acids is 7. The summed E-state index contributed by atoms with van der Waals surface area (Å²) >= 11 is 0. The molecular formula is C39H56F2N6O8. The summed E-state index contributed by atoms with van der Waals surface area (Å²) < 4.78 is 33.7. The van der Waals surface area contributed by atoms with E-state index in [4.69, 9.17) is 4.74 Å². The molecule has 1 saturated heterocycles. The van der Waals surface area contributed by atoms with Gasteiger partial charge < -0.3 is 35.8 Å². The molecule has 0 bridgehead atoms. The summed E-state index contributed by atoms with van der Waals surface area (Å²) in [5.41, 5.74) is -0.707. The Kier molecular flexibility index (Phi) is 13.3. The Hall–Kier alpha value is -4.63. The molecule has 0 spiro atoms. The van der Waals surface area contributed by atoms with E-state index in [9.17, 15) is 42.3 Å². The SMILES string of the molecule is CCCC(NC(=O)C1[C@@H]2C(CN1C(=O)C(NC(=O)OC(C)(C)C)C1CCC(F)(F)CC1)C2(C)C)C(=O)C(=O)NCC(=O)N[C@H](C(=O)N(C)C)c1ccccc1. The Bertz CT molecular complexity index is 1620. The Labute approximate surface area is 321 Å². The number of likely N-dealkylation sites (tertiary alicyclic amines) is 1. The minimum absolute atomic E-state index is 0.0264. The van der Waals surface area contributed by atoms with E-state index in [0.717, 1.165) is 0 Å². The molecule has 6 amide bonds. The number of likely N-dealkylation sites (N-methyl/N-ethyl adjacent to an activating group) is 1. The summed E-state index contributed by atoms with van der Waals surface area (Å²) in [6.07, 6.45) is -1.37. The second-order valence-electron chi connectivity index (χ2n) is 16.7. The molecule has 3 aliphatic rings. The first-order valence-electron chi connectivity index (χ1n) is 18.9. The number of hydrogen-bond donors (Lipinski definition) is 4. The summed E-state index contributed by atoms with van der Waals surface area (Å²) in [4.78, 5) is 96.3. The van der Waals surface area contributed by atoms with Crippen molar-refractivity contribution in [2.75, 3.05) is 27.2 Å². The van der Waals surface area contributed by atoms with Crippen molar-refractivity contribution in [2.45, 2.75) is 116 Å². The smallest absolute Gasteiger partial charge is 0.408 e. The van der Waals surface area contributed by atoms with Gasteiger partial charge in [-0.25, -0.2) is 13.6 Å². The summed E-state index contributed by atoms with van der Waals surface area (Å²) in [5.74, 6) is -8.41. The third kappa shape index (κ3) is 10.6. The van der Waals surface area contributed by atoms with Gasteiger partial charge in [0.1, 0.15) is 23.7 Å². The lowest BCUT2D eigenvalue weighted by atomic mass is 9.81. The van der Waals surface area contributed by atoms with Gasteiger partial charge >= 0.3 is 6.09 Å². The zero-order valence-electron chi connectivity index (χ0n) is 33.0. The number of ether oxygens (including phenoxy) is 1. The average Bonchev–Trinajstić information content (AvgIpc) is 3.41. The topological polar surface area (TPSA) is 183 Å². The molecule has 16 heteroatoms. The number of rotatable bonds is 14. The van der Waals surface area contributed by atoms with Crippen LogP contribution < -0.4 is 21.3 Å². The second kappa shape index (κ2) is 17.0. The number of ketones is 1. The molecule has 1 aliphatic heterocycles. The first kappa shape index (κ1) is 43.1. The van der Waals surface area contributed by atoms with Gasteiger partial charge in [0.15, 0.2) is 0 Å². The van der Waals surface area contributed by atoms with Crippen LogP contribution in [0.1, 0.15) is 91.7 Å². The zero-order chi connectivity index (χ0) is 41.0. The number of piperidine rings is 1. The molecule has 1 aromatic rings. The van der Waals surface area contributed by atoms with Crippen molar-refractivity contribution in [1.82, 2.24) is 31.1 Å². The van der Waals surface area contributed by atoms with E-state index >= 15 is 0 Å².